The van der Waals surface area contributed by atoms with E-state index in [2.05, 4.69) is 10.3 Å². The van der Waals surface area contributed by atoms with E-state index in [0.29, 0.717) is 43.3 Å². The summed E-state index contributed by atoms with van der Waals surface area (Å²) < 4.78 is 25.0. The van der Waals surface area contributed by atoms with Crippen molar-refractivity contribution in [2.75, 3.05) is 19.7 Å². The molecule has 3 aromatic rings. The summed E-state index contributed by atoms with van der Waals surface area (Å²) in [7, 11) is 0. The van der Waals surface area contributed by atoms with Crippen molar-refractivity contribution in [2.24, 2.45) is 0 Å². The number of pyridine rings is 1. The molecule has 1 aromatic heterocycles. The van der Waals surface area contributed by atoms with Gasteiger partial charge in [-0.2, -0.15) is 0 Å². The highest BCUT2D eigenvalue weighted by atomic mass is 19.1. The van der Waals surface area contributed by atoms with Gasteiger partial charge in [-0.1, -0.05) is 18.2 Å². The van der Waals surface area contributed by atoms with Gasteiger partial charge in [0.15, 0.2) is 6.61 Å². The number of carbonyl (C=O) groups is 2. The molecule has 2 aromatic carbocycles. The van der Waals surface area contributed by atoms with Gasteiger partial charge in [-0.15, -0.1) is 0 Å². The van der Waals surface area contributed by atoms with E-state index >= 15 is 0 Å². The van der Waals surface area contributed by atoms with Crippen molar-refractivity contribution in [1.29, 1.82) is 0 Å². The minimum absolute atomic E-state index is 0.0556. The van der Waals surface area contributed by atoms with E-state index in [1.54, 1.807) is 53.6 Å². The highest BCUT2D eigenvalue weighted by Gasteiger charge is 2.26. The SMILES string of the molecule is O=C(COc1ccc(Oc2ccccn2)cc1)NC1CCN(C(=O)c2ccccc2F)CC1. The van der Waals surface area contributed by atoms with E-state index in [1.807, 2.05) is 12.1 Å². The molecule has 7 nitrogen and oxygen atoms in total. The molecular weight excluding hydrogens is 425 g/mol. The van der Waals surface area contributed by atoms with Crippen molar-refractivity contribution in [2.45, 2.75) is 18.9 Å². The zero-order valence-corrected chi connectivity index (χ0v) is 17.9. The summed E-state index contributed by atoms with van der Waals surface area (Å²) >= 11 is 0. The number of hydrogen-bond donors (Lipinski definition) is 1. The molecule has 0 unspecified atom stereocenters. The van der Waals surface area contributed by atoms with Gasteiger partial charge in [-0.25, -0.2) is 9.37 Å². The number of piperidine rings is 1. The predicted octanol–water partition coefficient (Wildman–Crippen LogP) is 3.81. The summed E-state index contributed by atoms with van der Waals surface area (Å²) in [5, 5.41) is 2.93. The number of halogens is 1. The number of likely N-dealkylation sites (tertiary alicyclic amines) is 1. The minimum Gasteiger partial charge on any atom is -0.484 e. The van der Waals surface area contributed by atoms with Crippen LogP contribution in [0.5, 0.6) is 17.4 Å². The van der Waals surface area contributed by atoms with Crippen LogP contribution in [0.1, 0.15) is 23.2 Å². The monoisotopic (exact) mass is 449 g/mol. The van der Waals surface area contributed by atoms with Crippen LogP contribution in [0, 0.1) is 5.82 Å². The standard InChI is InChI=1S/C25H24FN3O4/c26-22-6-2-1-5-21(22)25(31)29-15-12-18(13-16-29)28-23(30)17-32-19-8-10-20(11-9-19)33-24-7-3-4-14-27-24/h1-11,14,18H,12-13,15-17H2,(H,28,30). The molecule has 1 fully saturated rings. The number of hydrogen-bond acceptors (Lipinski definition) is 5. The highest BCUT2D eigenvalue weighted by Crippen LogP contribution is 2.22. The quantitative estimate of drug-likeness (QED) is 0.593. The number of benzene rings is 2. The molecule has 1 aliphatic rings. The molecule has 0 radical (unpaired) electrons. The average molecular weight is 449 g/mol. The summed E-state index contributed by atoms with van der Waals surface area (Å²) in [4.78, 5) is 30.5. The van der Waals surface area contributed by atoms with E-state index in [1.165, 1.54) is 12.1 Å². The summed E-state index contributed by atoms with van der Waals surface area (Å²) in [6.07, 6.45) is 2.85. The van der Waals surface area contributed by atoms with Crippen molar-refractivity contribution in [3.63, 3.8) is 0 Å². The number of ether oxygens (including phenoxy) is 2. The first-order valence-electron chi connectivity index (χ1n) is 10.7. The molecule has 1 aliphatic heterocycles. The molecule has 4 rings (SSSR count). The van der Waals surface area contributed by atoms with Crippen LogP contribution in [-0.2, 0) is 4.79 Å². The van der Waals surface area contributed by atoms with E-state index in [9.17, 15) is 14.0 Å². The maximum Gasteiger partial charge on any atom is 0.258 e. The lowest BCUT2D eigenvalue weighted by Crippen LogP contribution is -2.47. The molecule has 1 N–H and O–H groups in total. The van der Waals surface area contributed by atoms with Gasteiger partial charge in [-0.3, -0.25) is 9.59 Å². The lowest BCUT2D eigenvalue weighted by Gasteiger charge is -2.32. The third-order valence-corrected chi connectivity index (χ3v) is 5.31. The van der Waals surface area contributed by atoms with Crippen LogP contribution in [0.4, 0.5) is 4.39 Å². The zero-order valence-electron chi connectivity index (χ0n) is 17.9. The van der Waals surface area contributed by atoms with Crippen molar-refractivity contribution in [3.8, 4) is 17.4 Å². The molecule has 1 saturated heterocycles. The second kappa shape index (κ2) is 10.6. The lowest BCUT2D eigenvalue weighted by molar-refractivity contribution is -0.124. The van der Waals surface area contributed by atoms with Gasteiger partial charge in [0, 0.05) is 31.4 Å². The third-order valence-electron chi connectivity index (χ3n) is 5.31. The molecule has 170 valence electrons. The summed E-state index contributed by atoms with van der Waals surface area (Å²) in [5.41, 5.74) is 0.0739. The third kappa shape index (κ3) is 6.06. The summed E-state index contributed by atoms with van der Waals surface area (Å²) in [5.74, 6) is 0.573. The molecule has 2 amide bonds. The van der Waals surface area contributed by atoms with Crippen LogP contribution in [0.3, 0.4) is 0 Å². The number of amides is 2. The minimum atomic E-state index is -0.522. The highest BCUT2D eigenvalue weighted by molar-refractivity contribution is 5.94. The van der Waals surface area contributed by atoms with Gasteiger partial charge < -0.3 is 19.7 Å². The van der Waals surface area contributed by atoms with E-state index in [0.717, 1.165) is 0 Å². The second-order valence-electron chi connectivity index (χ2n) is 7.64. The molecule has 0 atom stereocenters. The molecule has 2 heterocycles. The van der Waals surface area contributed by atoms with Gasteiger partial charge in [-0.05, 0) is 55.3 Å². The van der Waals surface area contributed by atoms with Crippen LogP contribution in [0.25, 0.3) is 0 Å². The van der Waals surface area contributed by atoms with Crippen molar-refractivity contribution in [1.82, 2.24) is 15.2 Å². The molecule has 0 saturated carbocycles. The summed E-state index contributed by atoms with van der Waals surface area (Å²) in [6, 6.07) is 18.2. The van der Waals surface area contributed by atoms with Crippen molar-refractivity contribution >= 4 is 11.8 Å². The largest absolute Gasteiger partial charge is 0.484 e. The number of nitrogens with zero attached hydrogens (tertiary/aromatic N) is 2. The fourth-order valence-corrected chi connectivity index (χ4v) is 3.58. The molecule has 0 bridgehead atoms. The van der Waals surface area contributed by atoms with Crippen LogP contribution in [0.15, 0.2) is 72.9 Å². The topological polar surface area (TPSA) is 80.8 Å². The first-order chi connectivity index (χ1) is 16.1. The average Bonchev–Trinajstić information content (AvgIpc) is 2.85. The van der Waals surface area contributed by atoms with Crippen molar-refractivity contribution < 1.29 is 23.5 Å². The Labute approximate surface area is 191 Å². The lowest BCUT2D eigenvalue weighted by atomic mass is 10.0. The first-order valence-corrected chi connectivity index (χ1v) is 10.7. The Bertz CT molecular complexity index is 1080. The Morgan fingerprint density at radius 3 is 2.36 bits per heavy atom. The molecule has 8 heteroatoms. The van der Waals surface area contributed by atoms with Crippen LogP contribution in [0.2, 0.25) is 0 Å². The van der Waals surface area contributed by atoms with Crippen LogP contribution >= 0.6 is 0 Å². The Balaban J connectivity index is 1.19. The molecule has 0 spiro atoms. The Kier molecular flexibility index (Phi) is 7.14. The first kappa shape index (κ1) is 22.3. The fourth-order valence-electron chi connectivity index (χ4n) is 3.58. The van der Waals surface area contributed by atoms with Crippen molar-refractivity contribution in [3.05, 3.63) is 84.3 Å². The fraction of sp³-hybridized carbons (Fsp3) is 0.240. The molecular formula is C25H24FN3O4. The Morgan fingerprint density at radius 1 is 0.970 bits per heavy atom. The molecule has 33 heavy (non-hydrogen) atoms. The number of carbonyl (C=O) groups excluding carboxylic acids is 2. The predicted molar refractivity (Wildman–Crippen MR) is 120 cm³/mol. The maximum atomic E-state index is 13.9. The van der Waals surface area contributed by atoms with Gasteiger partial charge in [0.05, 0.1) is 5.56 Å². The summed E-state index contributed by atoms with van der Waals surface area (Å²) in [6.45, 7) is 0.794. The van der Waals surface area contributed by atoms with E-state index in [4.69, 9.17) is 9.47 Å². The molecule has 0 aliphatic carbocycles. The number of nitrogens with one attached hydrogen (secondary N) is 1. The zero-order chi connectivity index (χ0) is 23.0. The van der Waals surface area contributed by atoms with E-state index in [-0.39, 0.29) is 30.0 Å². The van der Waals surface area contributed by atoms with E-state index < -0.39 is 5.82 Å². The number of rotatable bonds is 7. The van der Waals surface area contributed by atoms with Gasteiger partial charge in [0.25, 0.3) is 11.8 Å². The maximum absolute atomic E-state index is 13.9. The normalized spacial score (nSPS) is 13.9. The van der Waals surface area contributed by atoms with Crippen LogP contribution in [-0.4, -0.2) is 47.4 Å². The second-order valence-corrected chi connectivity index (χ2v) is 7.64. The van der Waals surface area contributed by atoms with Crippen LogP contribution < -0.4 is 14.8 Å². The van der Waals surface area contributed by atoms with Gasteiger partial charge in [0.1, 0.15) is 17.3 Å². The Hall–Kier alpha value is -3.94. The smallest absolute Gasteiger partial charge is 0.258 e. The Morgan fingerprint density at radius 2 is 1.67 bits per heavy atom. The van der Waals surface area contributed by atoms with Gasteiger partial charge in [0.2, 0.25) is 5.88 Å². The van der Waals surface area contributed by atoms with Gasteiger partial charge >= 0.3 is 0 Å². The number of aromatic nitrogens is 1.